The van der Waals surface area contributed by atoms with Crippen LogP contribution in [0.15, 0.2) is 91.1 Å². The molecule has 0 unspecified atom stereocenters. The van der Waals surface area contributed by atoms with Crippen LogP contribution in [-0.2, 0) is 17.9 Å². The van der Waals surface area contributed by atoms with Crippen LogP contribution in [0.1, 0.15) is 27.0 Å². The van der Waals surface area contributed by atoms with Gasteiger partial charge in [-0.05, 0) is 24.1 Å². The minimum atomic E-state index is -0.260. The van der Waals surface area contributed by atoms with Gasteiger partial charge in [-0.1, -0.05) is 78.9 Å². The molecule has 0 saturated heterocycles. The number of hydrogen-bond acceptors (Lipinski definition) is 3. The average Bonchev–Trinajstić information content (AvgIpc) is 3.25. The maximum atomic E-state index is 12.4. The summed E-state index contributed by atoms with van der Waals surface area (Å²) < 4.78 is 1.89. The Morgan fingerprint density at radius 3 is 2.24 bits per heavy atom. The number of amides is 2. The standard InChI is InChI=1S/C27H26N4O2/c1-20-10-8-9-15-24(20)27(33)29-17-25(32)28-16-23-19-31(18-21-11-4-2-5-12-21)30-26(23)22-13-6-3-7-14-22/h2-15,19H,16-18H2,1H3,(H,28,32)(H,29,33). The Kier molecular flexibility index (Phi) is 6.95. The third-order valence-electron chi connectivity index (χ3n) is 5.35. The van der Waals surface area contributed by atoms with Crippen molar-refractivity contribution in [1.29, 1.82) is 0 Å². The molecule has 166 valence electrons. The van der Waals surface area contributed by atoms with Gasteiger partial charge in [-0.3, -0.25) is 14.3 Å². The molecule has 4 rings (SSSR count). The summed E-state index contributed by atoms with van der Waals surface area (Å²) >= 11 is 0. The van der Waals surface area contributed by atoms with Crippen molar-refractivity contribution in [2.24, 2.45) is 0 Å². The lowest BCUT2D eigenvalue weighted by Crippen LogP contribution is -2.36. The molecule has 6 heteroatoms. The predicted octanol–water partition coefficient (Wildman–Crippen LogP) is 3.95. The number of nitrogens with one attached hydrogen (secondary N) is 2. The molecule has 1 heterocycles. The van der Waals surface area contributed by atoms with Crippen LogP contribution >= 0.6 is 0 Å². The van der Waals surface area contributed by atoms with Crippen LogP contribution in [0.25, 0.3) is 11.3 Å². The highest BCUT2D eigenvalue weighted by Crippen LogP contribution is 2.22. The van der Waals surface area contributed by atoms with Crippen LogP contribution in [-0.4, -0.2) is 28.1 Å². The van der Waals surface area contributed by atoms with E-state index in [0.29, 0.717) is 18.7 Å². The average molecular weight is 439 g/mol. The molecule has 0 fully saturated rings. The Morgan fingerprint density at radius 1 is 0.848 bits per heavy atom. The molecule has 0 aliphatic heterocycles. The smallest absolute Gasteiger partial charge is 0.251 e. The van der Waals surface area contributed by atoms with E-state index >= 15 is 0 Å². The Bertz CT molecular complexity index is 1230. The van der Waals surface area contributed by atoms with E-state index in [9.17, 15) is 9.59 Å². The first-order valence-corrected chi connectivity index (χ1v) is 10.9. The summed E-state index contributed by atoms with van der Waals surface area (Å²) in [6, 6.07) is 27.3. The molecule has 0 radical (unpaired) electrons. The first kappa shape index (κ1) is 22.0. The monoisotopic (exact) mass is 438 g/mol. The van der Waals surface area contributed by atoms with Gasteiger partial charge in [-0.15, -0.1) is 0 Å². The molecule has 3 aromatic carbocycles. The minimum Gasteiger partial charge on any atom is -0.350 e. The fourth-order valence-electron chi connectivity index (χ4n) is 3.62. The van der Waals surface area contributed by atoms with Gasteiger partial charge in [-0.2, -0.15) is 5.10 Å². The van der Waals surface area contributed by atoms with Gasteiger partial charge in [-0.25, -0.2) is 0 Å². The molecule has 0 saturated carbocycles. The Balaban J connectivity index is 1.42. The van der Waals surface area contributed by atoms with Gasteiger partial charge in [0.05, 0.1) is 18.8 Å². The number of carbonyl (C=O) groups excluding carboxylic acids is 2. The number of nitrogens with zero attached hydrogens (tertiary/aromatic N) is 2. The molecule has 0 atom stereocenters. The second-order valence-corrected chi connectivity index (χ2v) is 7.83. The van der Waals surface area contributed by atoms with Crippen LogP contribution in [0.4, 0.5) is 0 Å². The van der Waals surface area contributed by atoms with E-state index in [1.807, 2.05) is 78.5 Å². The van der Waals surface area contributed by atoms with Gasteiger partial charge in [0.25, 0.3) is 5.91 Å². The minimum absolute atomic E-state index is 0.0913. The topological polar surface area (TPSA) is 76.0 Å². The van der Waals surface area contributed by atoms with Crippen molar-refractivity contribution in [1.82, 2.24) is 20.4 Å². The van der Waals surface area contributed by atoms with Crippen molar-refractivity contribution < 1.29 is 9.59 Å². The molecule has 2 amide bonds. The Hall–Kier alpha value is -4.19. The van der Waals surface area contributed by atoms with Crippen LogP contribution in [0.2, 0.25) is 0 Å². The fraction of sp³-hybridized carbons (Fsp3) is 0.148. The molecule has 0 bridgehead atoms. The third-order valence-corrected chi connectivity index (χ3v) is 5.35. The van der Waals surface area contributed by atoms with Crippen LogP contribution in [0, 0.1) is 6.92 Å². The van der Waals surface area contributed by atoms with Gasteiger partial charge in [0.1, 0.15) is 0 Å². The van der Waals surface area contributed by atoms with E-state index < -0.39 is 0 Å². The van der Waals surface area contributed by atoms with E-state index in [1.54, 1.807) is 12.1 Å². The summed E-state index contributed by atoms with van der Waals surface area (Å²) in [7, 11) is 0. The van der Waals surface area contributed by atoms with E-state index in [2.05, 4.69) is 22.8 Å². The van der Waals surface area contributed by atoms with Crippen LogP contribution in [0.5, 0.6) is 0 Å². The zero-order valence-corrected chi connectivity index (χ0v) is 18.5. The van der Waals surface area contributed by atoms with Gasteiger partial charge >= 0.3 is 0 Å². The highest BCUT2D eigenvalue weighted by Gasteiger charge is 2.14. The highest BCUT2D eigenvalue weighted by molar-refractivity contribution is 5.97. The molecular formula is C27H26N4O2. The third kappa shape index (κ3) is 5.74. The summed E-state index contributed by atoms with van der Waals surface area (Å²) in [5, 5.41) is 10.4. The molecule has 1 aromatic heterocycles. The summed E-state index contributed by atoms with van der Waals surface area (Å²) in [6.45, 7) is 2.73. The number of aryl methyl sites for hydroxylation is 1. The second-order valence-electron chi connectivity index (χ2n) is 7.83. The van der Waals surface area contributed by atoms with Crippen molar-refractivity contribution in [2.45, 2.75) is 20.0 Å². The number of aromatic nitrogens is 2. The van der Waals surface area contributed by atoms with Crippen LogP contribution < -0.4 is 10.6 Å². The first-order chi connectivity index (χ1) is 16.1. The molecule has 6 nitrogen and oxygen atoms in total. The molecule has 4 aromatic rings. The van der Waals surface area contributed by atoms with Gasteiger partial charge < -0.3 is 10.6 Å². The molecule has 0 aliphatic carbocycles. The lowest BCUT2D eigenvalue weighted by atomic mass is 10.1. The number of rotatable bonds is 8. The fourth-order valence-corrected chi connectivity index (χ4v) is 3.62. The number of hydrogen-bond donors (Lipinski definition) is 2. The van der Waals surface area contributed by atoms with Gasteiger partial charge in [0.15, 0.2) is 0 Å². The predicted molar refractivity (Wildman–Crippen MR) is 129 cm³/mol. The molecule has 0 aliphatic rings. The second kappa shape index (κ2) is 10.4. The van der Waals surface area contributed by atoms with Crippen molar-refractivity contribution in [3.05, 3.63) is 113 Å². The van der Waals surface area contributed by atoms with E-state index in [1.165, 1.54) is 0 Å². The number of benzene rings is 3. The first-order valence-electron chi connectivity index (χ1n) is 10.9. The van der Waals surface area contributed by atoms with Crippen molar-refractivity contribution in [3.8, 4) is 11.3 Å². The summed E-state index contributed by atoms with van der Waals surface area (Å²) in [5.41, 5.74) is 5.31. The van der Waals surface area contributed by atoms with Gasteiger partial charge in [0.2, 0.25) is 5.91 Å². The molecular weight excluding hydrogens is 412 g/mol. The Labute approximate surface area is 193 Å². The highest BCUT2D eigenvalue weighted by atomic mass is 16.2. The Morgan fingerprint density at radius 2 is 1.52 bits per heavy atom. The maximum absolute atomic E-state index is 12.4. The SMILES string of the molecule is Cc1ccccc1C(=O)NCC(=O)NCc1cn(Cc2ccccc2)nc1-c1ccccc1. The molecule has 2 N–H and O–H groups in total. The molecule has 0 spiro atoms. The maximum Gasteiger partial charge on any atom is 0.251 e. The zero-order chi connectivity index (χ0) is 23.0. The summed E-state index contributed by atoms with van der Waals surface area (Å²) in [4.78, 5) is 24.8. The van der Waals surface area contributed by atoms with Crippen molar-refractivity contribution in [2.75, 3.05) is 6.54 Å². The quantitative estimate of drug-likeness (QED) is 0.437. The summed E-state index contributed by atoms with van der Waals surface area (Å²) in [6.07, 6.45) is 1.96. The number of carbonyl (C=O) groups is 2. The molecule has 33 heavy (non-hydrogen) atoms. The zero-order valence-electron chi connectivity index (χ0n) is 18.5. The van der Waals surface area contributed by atoms with Crippen molar-refractivity contribution in [3.63, 3.8) is 0 Å². The van der Waals surface area contributed by atoms with E-state index in [0.717, 1.165) is 27.9 Å². The van der Waals surface area contributed by atoms with Crippen molar-refractivity contribution >= 4 is 11.8 Å². The lowest BCUT2D eigenvalue weighted by molar-refractivity contribution is -0.120. The van der Waals surface area contributed by atoms with E-state index in [4.69, 9.17) is 5.10 Å². The summed E-state index contributed by atoms with van der Waals surface area (Å²) in [5.74, 6) is -0.518. The van der Waals surface area contributed by atoms with Crippen LogP contribution in [0.3, 0.4) is 0 Å². The van der Waals surface area contributed by atoms with E-state index in [-0.39, 0.29) is 18.4 Å². The lowest BCUT2D eigenvalue weighted by Gasteiger charge is -2.08. The normalized spacial score (nSPS) is 10.6. The largest absolute Gasteiger partial charge is 0.350 e. The van der Waals surface area contributed by atoms with Gasteiger partial charge in [0, 0.05) is 29.4 Å².